The van der Waals surface area contributed by atoms with Crippen LogP contribution in [0.15, 0.2) is 16.6 Å². The van der Waals surface area contributed by atoms with Gasteiger partial charge in [0.2, 0.25) is 0 Å². The van der Waals surface area contributed by atoms with E-state index >= 15 is 0 Å². The van der Waals surface area contributed by atoms with Crippen LogP contribution in [-0.2, 0) is 0 Å². The smallest absolute Gasteiger partial charge is 0.179 e. The van der Waals surface area contributed by atoms with Crippen molar-refractivity contribution in [2.75, 3.05) is 0 Å². The Hall–Kier alpha value is -0.380. The van der Waals surface area contributed by atoms with Crippen molar-refractivity contribution in [1.29, 1.82) is 0 Å². The van der Waals surface area contributed by atoms with E-state index in [4.69, 9.17) is 17.3 Å². The zero-order chi connectivity index (χ0) is 10.9. The lowest BCUT2D eigenvalue weighted by atomic mass is 10.0. The summed E-state index contributed by atoms with van der Waals surface area (Å²) in [6.45, 7) is 3.51. The number of hydrogen-bond acceptors (Lipinski definition) is 2. The molecule has 0 aromatic heterocycles. The van der Waals surface area contributed by atoms with Gasteiger partial charge in [-0.1, -0.05) is 11.6 Å². The molecule has 2 N–H and O–H groups in total. The minimum absolute atomic E-state index is 0.0696. The maximum atomic E-state index is 11.6. The van der Waals surface area contributed by atoms with Gasteiger partial charge in [0, 0.05) is 10.0 Å². The average Bonchev–Trinajstić information content (AvgIpc) is 2.10. The van der Waals surface area contributed by atoms with Gasteiger partial charge < -0.3 is 5.73 Å². The Morgan fingerprint density at radius 1 is 1.57 bits per heavy atom. The Kier molecular flexibility index (Phi) is 3.70. The van der Waals surface area contributed by atoms with Crippen molar-refractivity contribution in [2.24, 2.45) is 5.73 Å². The van der Waals surface area contributed by atoms with Gasteiger partial charge >= 0.3 is 0 Å². The van der Waals surface area contributed by atoms with Crippen molar-refractivity contribution >= 4 is 33.3 Å². The molecule has 1 rings (SSSR count). The number of carbonyl (C=O) groups is 1. The van der Waals surface area contributed by atoms with Crippen molar-refractivity contribution in [3.05, 3.63) is 32.8 Å². The largest absolute Gasteiger partial charge is 0.321 e. The van der Waals surface area contributed by atoms with Gasteiger partial charge in [-0.25, -0.2) is 0 Å². The molecular weight excluding hydrogens is 265 g/mol. The van der Waals surface area contributed by atoms with E-state index in [-0.39, 0.29) is 5.78 Å². The molecule has 1 aromatic carbocycles. The predicted molar refractivity (Wildman–Crippen MR) is 61.9 cm³/mol. The summed E-state index contributed by atoms with van der Waals surface area (Å²) in [6.07, 6.45) is 0. The van der Waals surface area contributed by atoms with Gasteiger partial charge in [0.05, 0.1) is 11.1 Å². The lowest BCUT2D eigenvalue weighted by molar-refractivity contribution is 0.0967. The van der Waals surface area contributed by atoms with E-state index in [9.17, 15) is 4.79 Å². The van der Waals surface area contributed by atoms with Crippen LogP contribution >= 0.6 is 27.5 Å². The van der Waals surface area contributed by atoms with Crippen LogP contribution in [0.3, 0.4) is 0 Å². The third-order valence-electron chi connectivity index (χ3n) is 1.95. The molecule has 1 atom stereocenters. The van der Waals surface area contributed by atoms with Crippen LogP contribution < -0.4 is 5.73 Å². The third kappa shape index (κ3) is 2.35. The highest BCUT2D eigenvalue weighted by Gasteiger charge is 2.14. The monoisotopic (exact) mass is 275 g/mol. The zero-order valence-corrected chi connectivity index (χ0v) is 10.3. The predicted octanol–water partition coefficient (Wildman–Crippen LogP) is 2.94. The van der Waals surface area contributed by atoms with Gasteiger partial charge in [-0.15, -0.1) is 0 Å². The molecular formula is C10H11BrClNO. The average molecular weight is 277 g/mol. The van der Waals surface area contributed by atoms with Gasteiger partial charge in [-0.2, -0.15) is 0 Å². The summed E-state index contributed by atoms with van der Waals surface area (Å²) >= 11 is 9.15. The van der Waals surface area contributed by atoms with Gasteiger partial charge in [0.15, 0.2) is 5.78 Å². The highest BCUT2D eigenvalue weighted by atomic mass is 79.9. The molecule has 0 amide bonds. The standard InChI is InChI=1S/C10H11BrClNO/c1-5-3-9(12)8(11)4-7(5)10(14)6(2)13/h3-4,6H,13H2,1-2H3. The fourth-order valence-corrected chi connectivity index (χ4v) is 1.72. The number of carbonyl (C=O) groups excluding carboxylic acids is 1. The number of nitrogens with two attached hydrogens (primary N) is 1. The van der Waals surface area contributed by atoms with Crippen molar-refractivity contribution in [3.63, 3.8) is 0 Å². The first-order valence-electron chi connectivity index (χ1n) is 4.19. The van der Waals surface area contributed by atoms with Crippen LogP contribution in [0.5, 0.6) is 0 Å². The summed E-state index contributed by atoms with van der Waals surface area (Å²) in [6, 6.07) is 2.98. The summed E-state index contributed by atoms with van der Waals surface area (Å²) in [7, 11) is 0. The van der Waals surface area contributed by atoms with E-state index in [1.165, 1.54) is 0 Å². The van der Waals surface area contributed by atoms with E-state index in [0.717, 1.165) is 5.56 Å². The fourth-order valence-electron chi connectivity index (χ4n) is 1.16. The van der Waals surface area contributed by atoms with Crippen LogP contribution in [-0.4, -0.2) is 11.8 Å². The number of hydrogen-bond donors (Lipinski definition) is 1. The van der Waals surface area contributed by atoms with Gasteiger partial charge in [0.25, 0.3) is 0 Å². The fraction of sp³-hybridized carbons (Fsp3) is 0.300. The number of aryl methyl sites for hydroxylation is 1. The highest BCUT2D eigenvalue weighted by molar-refractivity contribution is 9.10. The van der Waals surface area contributed by atoms with Crippen molar-refractivity contribution in [1.82, 2.24) is 0 Å². The van der Waals surface area contributed by atoms with E-state index < -0.39 is 6.04 Å². The molecule has 0 saturated carbocycles. The Bertz CT molecular complexity index is 377. The van der Waals surface area contributed by atoms with E-state index in [1.54, 1.807) is 19.1 Å². The molecule has 76 valence electrons. The molecule has 0 bridgehead atoms. The second-order valence-electron chi connectivity index (χ2n) is 3.23. The van der Waals surface area contributed by atoms with E-state index in [2.05, 4.69) is 15.9 Å². The summed E-state index contributed by atoms with van der Waals surface area (Å²) < 4.78 is 0.716. The normalized spacial score (nSPS) is 12.6. The first kappa shape index (κ1) is 11.7. The first-order valence-corrected chi connectivity index (χ1v) is 5.36. The topological polar surface area (TPSA) is 43.1 Å². The molecule has 2 nitrogen and oxygen atoms in total. The number of halogens is 2. The number of Topliss-reactive ketones (excluding diaryl/α,β-unsaturated/α-hetero) is 1. The van der Waals surface area contributed by atoms with Crippen molar-refractivity contribution < 1.29 is 4.79 Å². The second-order valence-corrected chi connectivity index (χ2v) is 4.50. The highest BCUT2D eigenvalue weighted by Crippen LogP contribution is 2.26. The van der Waals surface area contributed by atoms with Gasteiger partial charge in [0.1, 0.15) is 0 Å². The maximum Gasteiger partial charge on any atom is 0.179 e. The Balaban J connectivity index is 3.22. The molecule has 14 heavy (non-hydrogen) atoms. The minimum atomic E-state index is -0.484. The molecule has 0 aliphatic heterocycles. The van der Waals surface area contributed by atoms with Gasteiger partial charge in [-0.05, 0) is 47.5 Å². The Labute approximate surface area is 96.6 Å². The number of ketones is 1. The molecule has 1 aromatic rings. The molecule has 0 aliphatic rings. The third-order valence-corrected chi connectivity index (χ3v) is 3.14. The molecule has 4 heteroatoms. The quantitative estimate of drug-likeness (QED) is 0.844. The van der Waals surface area contributed by atoms with Gasteiger partial charge in [-0.3, -0.25) is 4.79 Å². The Morgan fingerprint density at radius 2 is 2.14 bits per heavy atom. The summed E-state index contributed by atoms with van der Waals surface area (Å²) in [5.41, 5.74) is 7.00. The first-order chi connectivity index (χ1) is 6.43. The summed E-state index contributed by atoms with van der Waals surface area (Å²) in [4.78, 5) is 11.6. The Morgan fingerprint density at radius 3 is 2.64 bits per heavy atom. The van der Waals surface area contributed by atoms with Crippen LogP contribution in [0, 0.1) is 6.92 Å². The molecule has 0 fully saturated rings. The van der Waals surface area contributed by atoms with Crippen molar-refractivity contribution in [3.8, 4) is 0 Å². The van der Waals surface area contributed by atoms with Crippen LogP contribution in [0.1, 0.15) is 22.8 Å². The molecule has 0 radical (unpaired) electrons. The maximum absolute atomic E-state index is 11.6. The van der Waals surface area contributed by atoms with Crippen LogP contribution in [0.2, 0.25) is 5.02 Å². The summed E-state index contributed by atoms with van der Waals surface area (Å²) in [5.74, 6) is -0.0696. The van der Waals surface area contributed by atoms with E-state index in [1.807, 2.05) is 6.92 Å². The SMILES string of the molecule is Cc1cc(Cl)c(Br)cc1C(=O)C(C)N. The lowest BCUT2D eigenvalue weighted by Gasteiger charge is -2.09. The lowest BCUT2D eigenvalue weighted by Crippen LogP contribution is -2.27. The molecule has 1 unspecified atom stereocenters. The number of benzene rings is 1. The van der Waals surface area contributed by atoms with E-state index in [0.29, 0.717) is 15.1 Å². The zero-order valence-electron chi connectivity index (χ0n) is 7.97. The molecule has 0 aliphatic carbocycles. The molecule has 0 spiro atoms. The minimum Gasteiger partial charge on any atom is -0.321 e. The number of rotatable bonds is 2. The molecule has 0 heterocycles. The van der Waals surface area contributed by atoms with Crippen molar-refractivity contribution in [2.45, 2.75) is 19.9 Å². The summed E-state index contributed by atoms with van der Waals surface area (Å²) in [5, 5.41) is 0.601. The van der Waals surface area contributed by atoms with Crippen LogP contribution in [0.25, 0.3) is 0 Å². The van der Waals surface area contributed by atoms with Crippen LogP contribution in [0.4, 0.5) is 0 Å². The molecule has 0 saturated heterocycles. The second kappa shape index (κ2) is 4.43.